The van der Waals surface area contributed by atoms with Crippen LogP contribution in [0, 0.1) is 34.6 Å². The summed E-state index contributed by atoms with van der Waals surface area (Å²) in [5, 5.41) is 6.26. The second-order valence-electron chi connectivity index (χ2n) is 5.13. The third kappa shape index (κ3) is 2.58. The Balaban J connectivity index is 2.00. The van der Waals surface area contributed by atoms with Crippen molar-refractivity contribution >= 4 is 33.3 Å². The Labute approximate surface area is 132 Å². The molecule has 3 rings (SSSR count). The summed E-state index contributed by atoms with van der Waals surface area (Å²) in [5.41, 5.74) is 3.41. The van der Waals surface area contributed by atoms with Crippen LogP contribution in [-0.4, -0.2) is 15.1 Å². The van der Waals surface area contributed by atoms with Crippen LogP contribution < -0.4 is 0 Å². The summed E-state index contributed by atoms with van der Waals surface area (Å²) in [4.78, 5) is 11.6. The normalized spacial score (nSPS) is 11.5. The minimum atomic E-state index is 0.820. The Morgan fingerprint density at radius 2 is 1.86 bits per heavy atom. The molecular formula is C15H17N3OS2. The first-order chi connectivity index (χ1) is 9.97. The minimum absolute atomic E-state index is 0.820. The third-order valence-corrected chi connectivity index (χ3v) is 5.74. The SMILES string of the molecule is Cc1nc(SCc2c(C)noc2C)c2c(C)c(C)sc2n1. The first-order valence-corrected chi connectivity index (χ1v) is 8.56. The van der Waals surface area contributed by atoms with Crippen molar-refractivity contribution in [2.45, 2.75) is 45.4 Å². The predicted octanol–water partition coefficient (Wildman–Crippen LogP) is 4.51. The van der Waals surface area contributed by atoms with Gasteiger partial charge in [-0.05, 0) is 40.2 Å². The fourth-order valence-corrected chi connectivity index (χ4v) is 4.69. The lowest BCUT2D eigenvalue weighted by molar-refractivity contribution is 0.392. The van der Waals surface area contributed by atoms with Crippen LogP contribution in [0.2, 0.25) is 0 Å². The number of thioether (sulfide) groups is 1. The molecule has 0 radical (unpaired) electrons. The molecule has 0 saturated heterocycles. The van der Waals surface area contributed by atoms with Crippen molar-refractivity contribution < 1.29 is 4.52 Å². The predicted molar refractivity (Wildman–Crippen MR) is 87.2 cm³/mol. The summed E-state index contributed by atoms with van der Waals surface area (Å²) in [5.74, 6) is 2.53. The summed E-state index contributed by atoms with van der Waals surface area (Å²) in [6.07, 6.45) is 0. The largest absolute Gasteiger partial charge is 0.361 e. The molecule has 0 fully saturated rings. The Morgan fingerprint density at radius 1 is 1.10 bits per heavy atom. The van der Waals surface area contributed by atoms with Gasteiger partial charge in [0.15, 0.2) is 0 Å². The lowest BCUT2D eigenvalue weighted by Gasteiger charge is -2.05. The van der Waals surface area contributed by atoms with Gasteiger partial charge in [0, 0.05) is 21.6 Å². The van der Waals surface area contributed by atoms with Crippen molar-refractivity contribution in [3.8, 4) is 0 Å². The zero-order valence-electron chi connectivity index (χ0n) is 12.8. The summed E-state index contributed by atoms with van der Waals surface area (Å²) in [6, 6.07) is 0. The Bertz CT molecular complexity index is 801. The van der Waals surface area contributed by atoms with E-state index in [0.717, 1.165) is 38.5 Å². The van der Waals surface area contributed by atoms with Gasteiger partial charge >= 0.3 is 0 Å². The molecule has 0 atom stereocenters. The Kier molecular flexibility index (Phi) is 3.75. The van der Waals surface area contributed by atoms with Crippen molar-refractivity contribution in [2.24, 2.45) is 0 Å². The quantitative estimate of drug-likeness (QED) is 0.525. The molecule has 0 aliphatic heterocycles. The number of thiophene rings is 1. The van der Waals surface area contributed by atoms with Gasteiger partial charge in [0.05, 0.1) is 5.69 Å². The van der Waals surface area contributed by atoms with Crippen molar-refractivity contribution in [2.75, 3.05) is 0 Å². The maximum absolute atomic E-state index is 5.23. The van der Waals surface area contributed by atoms with Crippen molar-refractivity contribution in [1.29, 1.82) is 0 Å². The van der Waals surface area contributed by atoms with Crippen LogP contribution in [0.25, 0.3) is 10.2 Å². The molecule has 0 amide bonds. The minimum Gasteiger partial charge on any atom is -0.361 e. The monoisotopic (exact) mass is 319 g/mol. The fourth-order valence-electron chi connectivity index (χ4n) is 2.27. The van der Waals surface area contributed by atoms with E-state index in [-0.39, 0.29) is 0 Å². The molecule has 110 valence electrons. The van der Waals surface area contributed by atoms with E-state index in [1.807, 2.05) is 20.8 Å². The molecule has 0 aliphatic carbocycles. The lowest BCUT2D eigenvalue weighted by atomic mass is 10.2. The maximum atomic E-state index is 5.23. The second kappa shape index (κ2) is 5.42. The Hall–Kier alpha value is -1.40. The molecule has 0 spiro atoms. The van der Waals surface area contributed by atoms with E-state index in [9.17, 15) is 0 Å². The van der Waals surface area contributed by atoms with Gasteiger partial charge in [-0.3, -0.25) is 0 Å². The smallest absolute Gasteiger partial charge is 0.137 e. The van der Waals surface area contributed by atoms with Gasteiger partial charge in [0.1, 0.15) is 21.4 Å². The number of rotatable bonds is 3. The summed E-state index contributed by atoms with van der Waals surface area (Å²) in [7, 11) is 0. The number of hydrogen-bond acceptors (Lipinski definition) is 6. The molecule has 0 N–H and O–H groups in total. The standard InChI is InChI=1S/C15H17N3OS2/c1-7-10(4)21-15-13(7)14(16-11(5)17-15)20-6-12-8(2)18-19-9(12)3/h6H2,1-5H3. The third-order valence-electron chi connectivity index (χ3n) is 3.64. The zero-order valence-corrected chi connectivity index (χ0v) is 14.4. The van der Waals surface area contributed by atoms with E-state index in [0.29, 0.717) is 0 Å². The topological polar surface area (TPSA) is 51.8 Å². The molecule has 3 aromatic rings. The first-order valence-electron chi connectivity index (χ1n) is 6.76. The van der Waals surface area contributed by atoms with Crippen LogP contribution >= 0.6 is 23.1 Å². The summed E-state index contributed by atoms with van der Waals surface area (Å²) in [6.45, 7) is 10.2. The maximum Gasteiger partial charge on any atom is 0.137 e. The molecule has 3 aromatic heterocycles. The van der Waals surface area contributed by atoms with E-state index in [2.05, 4.69) is 29.0 Å². The van der Waals surface area contributed by atoms with Crippen molar-refractivity contribution in [1.82, 2.24) is 15.1 Å². The molecule has 6 heteroatoms. The molecule has 0 unspecified atom stereocenters. The Morgan fingerprint density at radius 3 is 2.52 bits per heavy atom. The van der Waals surface area contributed by atoms with E-state index in [4.69, 9.17) is 4.52 Å². The van der Waals surface area contributed by atoms with Crippen LogP contribution in [0.5, 0.6) is 0 Å². The number of aromatic nitrogens is 3. The summed E-state index contributed by atoms with van der Waals surface area (Å²) >= 11 is 3.47. The number of aryl methyl sites for hydroxylation is 5. The van der Waals surface area contributed by atoms with Crippen LogP contribution in [0.1, 0.15) is 33.3 Å². The highest BCUT2D eigenvalue weighted by atomic mass is 32.2. The second-order valence-corrected chi connectivity index (χ2v) is 7.30. The zero-order chi connectivity index (χ0) is 15.1. The highest BCUT2D eigenvalue weighted by molar-refractivity contribution is 7.98. The molecule has 0 saturated carbocycles. The molecule has 0 aromatic carbocycles. The molecule has 21 heavy (non-hydrogen) atoms. The molecular weight excluding hydrogens is 302 g/mol. The van der Waals surface area contributed by atoms with Gasteiger partial charge < -0.3 is 4.52 Å². The number of hydrogen-bond donors (Lipinski definition) is 0. The van der Waals surface area contributed by atoms with Crippen LogP contribution in [-0.2, 0) is 5.75 Å². The average molecular weight is 319 g/mol. The molecule has 3 heterocycles. The lowest BCUT2D eigenvalue weighted by Crippen LogP contribution is -1.93. The van der Waals surface area contributed by atoms with Crippen molar-refractivity contribution in [3.05, 3.63) is 33.3 Å². The van der Waals surface area contributed by atoms with Gasteiger partial charge in [-0.25, -0.2) is 9.97 Å². The molecule has 4 nitrogen and oxygen atoms in total. The molecule has 0 aliphatic rings. The average Bonchev–Trinajstić information content (AvgIpc) is 2.88. The van der Waals surface area contributed by atoms with Crippen LogP contribution in [0.3, 0.4) is 0 Å². The first kappa shape index (κ1) is 14.5. The summed E-state index contributed by atoms with van der Waals surface area (Å²) < 4.78 is 5.23. The van der Waals surface area contributed by atoms with Gasteiger partial charge in [-0.15, -0.1) is 23.1 Å². The van der Waals surface area contributed by atoms with E-state index >= 15 is 0 Å². The van der Waals surface area contributed by atoms with Crippen LogP contribution in [0.15, 0.2) is 9.55 Å². The van der Waals surface area contributed by atoms with Crippen molar-refractivity contribution in [3.63, 3.8) is 0 Å². The number of fused-ring (bicyclic) bond motifs is 1. The molecule has 0 bridgehead atoms. The van der Waals surface area contributed by atoms with Gasteiger partial charge in [0.25, 0.3) is 0 Å². The fraction of sp³-hybridized carbons (Fsp3) is 0.400. The van der Waals surface area contributed by atoms with E-state index in [1.54, 1.807) is 23.1 Å². The highest BCUT2D eigenvalue weighted by Crippen LogP contribution is 2.36. The van der Waals surface area contributed by atoms with Gasteiger partial charge in [-0.1, -0.05) is 5.16 Å². The van der Waals surface area contributed by atoms with Gasteiger partial charge in [0.2, 0.25) is 0 Å². The van der Waals surface area contributed by atoms with Crippen LogP contribution in [0.4, 0.5) is 0 Å². The highest BCUT2D eigenvalue weighted by Gasteiger charge is 2.16. The van der Waals surface area contributed by atoms with Gasteiger partial charge in [-0.2, -0.15) is 0 Å². The number of nitrogens with zero attached hydrogens (tertiary/aromatic N) is 3. The van der Waals surface area contributed by atoms with E-state index in [1.165, 1.54) is 15.8 Å². The van der Waals surface area contributed by atoms with E-state index < -0.39 is 0 Å².